The summed E-state index contributed by atoms with van der Waals surface area (Å²) in [4.78, 5) is 12.7. The molecule has 0 unspecified atom stereocenters. The zero-order chi connectivity index (χ0) is 14.5. The number of hydrogen-bond acceptors (Lipinski definition) is 2. The van der Waals surface area contributed by atoms with Gasteiger partial charge in [-0.25, -0.2) is 0 Å². The number of para-hydroxylation sites is 1. The van der Waals surface area contributed by atoms with Gasteiger partial charge in [-0.05, 0) is 46.3 Å². The first kappa shape index (κ1) is 15.7. The van der Waals surface area contributed by atoms with Gasteiger partial charge in [0, 0.05) is 14.4 Å². The Balaban J connectivity index is 1.96. The Morgan fingerprint density at radius 3 is 2.70 bits per heavy atom. The zero-order valence-electron chi connectivity index (χ0n) is 10.2. The lowest BCUT2D eigenvalue weighted by Gasteiger charge is -2.08. The molecule has 0 aliphatic heterocycles. The van der Waals surface area contributed by atoms with Crippen molar-refractivity contribution in [3.05, 3.63) is 57.0 Å². The van der Waals surface area contributed by atoms with E-state index < -0.39 is 0 Å². The molecule has 2 aromatic rings. The predicted octanol–water partition coefficient (Wildman–Crippen LogP) is 5.49. The SMILES string of the molecule is O=C(CSc1cc(Cl)ccc1Cl)Nc1ccccc1Br. The number of benzene rings is 2. The fraction of sp³-hybridized carbons (Fsp3) is 0.0714. The van der Waals surface area contributed by atoms with Crippen LogP contribution in [-0.4, -0.2) is 11.7 Å². The van der Waals surface area contributed by atoms with Crippen molar-refractivity contribution in [3.63, 3.8) is 0 Å². The molecule has 2 rings (SSSR count). The van der Waals surface area contributed by atoms with E-state index in [9.17, 15) is 4.79 Å². The van der Waals surface area contributed by atoms with Crippen LogP contribution in [-0.2, 0) is 4.79 Å². The van der Waals surface area contributed by atoms with Crippen LogP contribution >= 0.6 is 50.9 Å². The molecular formula is C14H10BrCl2NOS. The van der Waals surface area contributed by atoms with E-state index in [2.05, 4.69) is 21.2 Å². The molecule has 2 nitrogen and oxygen atoms in total. The highest BCUT2D eigenvalue weighted by Crippen LogP contribution is 2.30. The van der Waals surface area contributed by atoms with Crippen molar-refractivity contribution in [1.29, 1.82) is 0 Å². The maximum Gasteiger partial charge on any atom is 0.234 e. The van der Waals surface area contributed by atoms with E-state index in [1.807, 2.05) is 24.3 Å². The Morgan fingerprint density at radius 2 is 1.95 bits per heavy atom. The first-order valence-corrected chi connectivity index (χ1v) is 8.22. The van der Waals surface area contributed by atoms with Gasteiger partial charge in [0.2, 0.25) is 5.91 Å². The third-order valence-electron chi connectivity index (χ3n) is 2.40. The molecule has 104 valence electrons. The van der Waals surface area contributed by atoms with Gasteiger partial charge in [0.25, 0.3) is 0 Å². The molecule has 20 heavy (non-hydrogen) atoms. The van der Waals surface area contributed by atoms with Gasteiger partial charge < -0.3 is 5.32 Å². The van der Waals surface area contributed by atoms with Gasteiger partial charge in [-0.1, -0.05) is 35.3 Å². The minimum Gasteiger partial charge on any atom is -0.324 e. The Kier molecular flexibility index (Phi) is 5.78. The summed E-state index contributed by atoms with van der Waals surface area (Å²) >= 11 is 16.7. The summed E-state index contributed by atoms with van der Waals surface area (Å²) in [5, 5.41) is 4.02. The van der Waals surface area contributed by atoms with Crippen LogP contribution in [0, 0.1) is 0 Å². The van der Waals surface area contributed by atoms with Crippen molar-refractivity contribution in [3.8, 4) is 0 Å². The van der Waals surface area contributed by atoms with E-state index in [0.29, 0.717) is 10.0 Å². The molecule has 0 aliphatic carbocycles. The minimum atomic E-state index is -0.0991. The number of anilines is 1. The summed E-state index contributed by atoms with van der Waals surface area (Å²) in [6.45, 7) is 0. The van der Waals surface area contributed by atoms with Gasteiger partial charge in [-0.15, -0.1) is 11.8 Å². The first-order valence-electron chi connectivity index (χ1n) is 5.68. The van der Waals surface area contributed by atoms with E-state index in [1.165, 1.54) is 11.8 Å². The first-order chi connectivity index (χ1) is 9.56. The lowest BCUT2D eigenvalue weighted by atomic mass is 10.3. The van der Waals surface area contributed by atoms with Crippen LogP contribution in [0.1, 0.15) is 0 Å². The summed E-state index contributed by atoms with van der Waals surface area (Å²) in [7, 11) is 0. The third-order valence-corrected chi connectivity index (χ3v) is 4.82. The number of amides is 1. The summed E-state index contributed by atoms with van der Waals surface area (Å²) in [6.07, 6.45) is 0. The van der Waals surface area contributed by atoms with Crippen LogP contribution in [0.5, 0.6) is 0 Å². The van der Waals surface area contributed by atoms with E-state index >= 15 is 0 Å². The van der Waals surface area contributed by atoms with Gasteiger partial charge in [0.15, 0.2) is 0 Å². The van der Waals surface area contributed by atoms with E-state index in [1.54, 1.807) is 18.2 Å². The molecule has 0 bridgehead atoms. The second kappa shape index (κ2) is 7.36. The van der Waals surface area contributed by atoms with Crippen molar-refractivity contribution >= 4 is 62.5 Å². The van der Waals surface area contributed by atoms with Crippen LogP contribution in [0.3, 0.4) is 0 Å². The normalized spacial score (nSPS) is 10.3. The average Bonchev–Trinajstić information content (AvgIpc) is 2.42. The molecule has 0 aromatic heterocycles. The predicted molar refractivity (Wildman–Crippen MR) is 90.0 cm³/mol. The van der Waals surface area contributed by atoms with Crippen LogP contribution in [0.15, 0.2) is 51.8 Å². The van der Waals surface area contributed by atoms with Crippen molar-refractivity contribution in [2.75, 3.05) is 11.1 Å². The number of rotatable bonds is 4. The Bertz CT molecular complexity index is 636. The zero-order valence-corrected chi connectivity index (χ0v) is 14.1. The molecule has 1 amide bonds. The van der Waals surface area contributed by atoms with Gasteiger partial charge in [-0.3, -0.25) is 4.79 Å². The van der Waals surface area contributed by atoms with E-state index in [4.69, 9.17) is 23.2 Å². The number of carbonyl (C=O) groups is 1. The fourth-order valence-corrected chi connectivity index (χ4v) is 3.16. The molecule has 2 aromatic carbocycles. The Morgan fingerprint density at radius 1 is 1.20 bits per heavy atom. The summed E-state index contributed by atoms with van der Waals surface area (Å²) in [5.41, 5.74) is 0.746. The lowest BCUT2D eigenvalue weighted by Crippen LogP contribution is -2.14. The van der Waals surface area contributed by atoms with E-state index in [0.717, 1.165) is 15.1 Å². The van der Waals surface area contributed by atoms with Crippen molar-refractivity contribution in [2.24, 2.45) is 0 Å². The smallest absolute Gasteiger partial charge is 0.234 e. The number of carbonyl (C=O) groups excluding carboxylic acids is 1. The molecule has 0 saturated heterocycles. The Labute approximate surface area is 140 Å². The molecule has 0 atom stereocenters. The maximum atomic E-state index is 11.9. The molecule has 0 saturated carbocycles. The molecule has 0 radical (unpaired) electrons. The molecule has 0 heterocycles. The van der Waals surface area contributed by atoms with Gasteiger partial charge in [0.05, 0.1) is 16.5 Å². The molecule has 6 heteroatoms. The summed E-state index contributed by atoms with van der Waals surface area (Å²) in [6, 6.07) is 12.6. The maximum absolute atomic E-state index is 11.9. The molecule has 0 spiro atoms. The number of hydrogen-bond donors (Lipinski definition) is 1. The molecule has 0 fully saturated rings. The van der Waals surface area contributed by atoms with Crippen molar-refractivity contribution < 1.29 is 4.79 Å². The highest BCUT2D eigenvalue weighted by atomic mass is 79.9. The number of thioether (sulfide) groups is 1. The van der Waals surface area contributed by atoms with Crippen LogP contribution < -0.4 is 5.32 Å². The highest BCUT2D eigenvalue weighted by Gasteiger charge is 2.08. The molecular weight excluding hydrogens is 381 g/mol. The largest absolute Gasteiger partial charge is 0.324 e. The van der Waals surface area contributed by atoms with Crippen molar-refractivity contribution in [2.45, 2.75) is 4.90 Å². The fourth-order valence-electron chi connectivity index (χ4n) is 1.48. The minimum absolute atomic E-state index is 0.0991. The van der Waals surface area contributed by atoms with Crippen molar-refractivity contribution in [1.82, 2.24) is 0 Å². The van der Waals surface area contributed by atoms with Crippen LogP contribution in [0.4, 0.5) is 5.69 Å². The Hall–Kier alpha value is -0.680. The van der Waals surface area contributed by atoms with Crippen LogP contribution in [0.2, 0.25) is 10.0 Å². The van der Waals surface area contributed by atoms with Gasteiger partial charge in [0.1, 0.15) is 0 Å². The summed E-state index contributed by atoms with van der Waals surface area (Å²) in [5.74, 6) is 0.166. The topological polar surface area (TPSA) is 29.1 Å². The second-order valence-electron chi connectivity index (χ2n) is 3.89. The molecule has 0 aliphatic rings. The number of halogens is 3. The quantitative estimate of drug-likeness (QED) is 0.699. The van der Waals surface area contributed by atoms with Crippen LogP contribution in [0.25, 0.3) is 0 Å². The number of nitrogens with one attached hydrogen (secondary N) is 1. The summed E-state index contributed by atoms with van der Waals surface area (Å²) < 4.78 is 0.846. The molecule has 1 N–H and O–H groups in total. The van der Waals surface area contributed by atoms with E-state index in [-0.39, 0.29) is 11.7 Å². The highest BCUT2D eigenvalue weighted by molar-refractivity contribution is 9.10. The standard InChI is InChI=1S/C14H10BrCl2NOS/c15-10-3-1-2-4-12(10)18-14(19)8-20-13-7-9(16)5-6-11(13)17/h1-7H,8H2,(H,18,19). The third kappa shape index (κ3) is 4.42. The average molecular weight is 391 g/mol. The lowest BCUT2D eigenvalue weighted by molar-refractivity contribution is -0.113. The van der Waals surface area contributed by atoms with Gasteiger partial charge in [-0.2, -0.15) is 0 Å². The van der Waals surface area contributed by atoms with Gasteiger partial charge >= 0.3 is 0 Å². The second-order valence-corrected chi connectivity index (χ2v) is 6.61. The monoisotopic (exact) mass is 389 g/mol.